The second kappa shape index (κ2) is 10.6. The maximum Gasteiger partial charge on any atom is 0.277 e. The van der Waals surface area contributed by atoms with Crippen molar-refractivity contribution in [2.24, 2.45) is 5.10 Å². The average molecular weight is 467 g/mol. The van der Waals surface area contributed by atoms with Crippen molar-refractivity contribution in [3.8, 4) is 22.6 Å². The number of amides is 1. The number of hydrogen-bond donors (Lipinski definition) is 1. The van der Waals surface area contributed by atoms with Crippen molar-refractivity contribution in [3.05, 3.63) is 82.8 Å². The van der Waals surface area contributed by atoms with Crippen LogP contribution in [0.2, 0.25) is 0 Å². The Kier molecular flexibility index (Phi) is 7.63. The molecule has 3 aromatic rings. The van der Waals surface area contributed by atoms with Gasteiger partial charge in [-0.1, -0.05) is 61.5 Å². The molecular formula is C24H23BrN2O3. The summed E-state index contributed by atoms with van der Waals surface area (Å²) < 4.78 is 11.4. The lowest BCUT2D eigenvalue weighted by molar-refractivity contribution is -0.123. The molecule has 0 bridgehead atoms. The number of ether oxygens (including phenoxy) is 2. The van der Waals surface area contributed by atoms with E-state index in [-0.39, 0.29) is 12.5 Å². The Hall–Kier alpha value is -3.12. The molecule has 0 aliphatic carbocycles. The third-order valence-electron chi connectivity index (χ3n) is 4.47. The van der Waals surface area contributed by atoms with E-state index in [2.05, 4.69) is 50.7 Å². The van der Waals surface area contributed by atoms with Gasteiger partial charge < -0.3 is 9.47 Å². The lowest BCUT2D eigenvalue weighted by atomic mass is 10.0. The first-order valence-corrected chi connectivity index (χ1v) is 10.4. The molecule has 0 fully saturated rings. The lowest BCUT2D eigenvalue weighted by Crippen LogP contribution is -2.26. The Balaban J connectivity index is 1.60. The van der Waals surface area contributed by atoms with Gasteiger partial charge in [-0.3, -0.25) is 4.79 Å². The molecule has 0 aliphatic rings. The van der Waals surface area contributed by atoms with Gasteiger partial charge in [-0.05, 0) is 57.2 Å². The zero-order valence-electron chi connectivity index (χ0n) is 16.9. The summed E-state index contributed by atoms with van der Waals surface area (Å²) in [5.74, 6) is 0.931. The van der Waals surface area contributed by atoms with Crippen LogP contribution in [0.3, 0.4) is 0 Å². The predicted molar refractivity (Wildman–Crippen MR) is 123 cm³/mol. The van der Waals surface area contributed by atoms with Crippen LogP contribution in [0.25, 0.3) is 11.1 Å². The van der Waals surface area contributed by atoms with Gasteiger partial charge in [-0.2, -0.15) is 5.10 Å². The number of carbonyl (C=O) groups excluding carboxylic acids is 1. The van der Waals surface area contributed by atoms with E-state index in [0.717, 1.165) is 22.4 Å². The summed E-state index contributed by atoms with van der Waals surface area (Å²) in [5.41, 5.74) is 6.64. The van der Waals surface area contributed by atoms with Crippen LogP contribution in [0, 0.1) is 0 Å². The first-order valence-electron chi connectivity index (χ1n) is 9.58. The second-order valence-electron chi connectivity index (χ2n) is 6.48. The monoisotopic (exact) mass is 466 g/mol. The molecule has 3 rings (SSSR count). The van der Waals surface area contributed by atoms with Crippen LogP contribution >= 0.6 is 15.9 Å². The molecule has 0 aliphatic heterocycles. The molecule has 0 heterocycles. The maximum atomic E-state index is 12.2. The maximum absolute atomic E-state index is 12.2. The number of benzene rings is 3. The van der Waals surface area contributed by atoms with Crippen LogP contribution in [0.4, 0.5) is 0 Å². The van der Waals surface area contributed by atoms with Crippen molar-refractivity contribution >= 4 is 27.5 Å². The van der Waals surface area contributed by atoms with Gasteiger partial charge in [0.05, 0.1) is 17.3 Å². The molecule has 0 radical (unpaired) electrons. The molecule has 0 saturated carbocycles. The normalized spacial score (nSPS) is 11.1. The Morgan fingerprint density at radius 3 is 2.33 bits per heavy atom. The fourth-order valence-corrected chi connectivity index (χ4v) is 3.34. The number of rotatable bonds is 8. The van der Waals surface area contributed by atoms with Gasteiger partial charge in [-0.25, -0.2) is 5.43 Å². The summed E-state index contributed by atoms with van der Waals surface area (Å²) in [6.45, 7) is 1.86. The number of halogens is 1. The summed E-state index contributed by atoms with van der Waals surface area (Å²) in [7, 11) is 1.59. The van der Waals surface area contributed by atoms with Crippen molar-refractivity contribution in [2.45, 2.75) is 13.3 Å². The first kappa shape index (κ1) is 21.6. The van der Waals surface area contributed by atoms with Crippen LogP contribution in [0.5, 0.6) is 11.5 Å². The standard InChI is InChI=1S/C24H23BrN2O3/c1-3-22(19-11-9-18(10-12-19)17-7-5-4-6-8-17)26-27-24(28)16-30-23-14-13-20(29-2)15-21(23)25/h4-15H,3,16H2,1-2H3,(H,27,28)/b26-22-. The largest absolute Gasteiger partial charge is 0.497 e. The SMILES string of the molecule is CC/C(=N/NC(=O)COc1ccc(OC)cc1Br)c1ccc(-c2ccccc2)cc1. The molecule has 0 unspecified atom stereocenters. The zero-order chi connectivity index (χ0) is 21.3. The van der Waals surface area contributed by atoms with Gasteiger partial charge in [0.15, 0.2) is 6.61 Å². The van der Waals surface area contributed by atoms with Gasteiger partial charge in [0.2, 0.25) is 0 Å². The van der Waals surface area contributed by atoms with Crippen LogP contribution in [0.1, 0.15) is 18.9 Å². The van der Waals surface area contributed by atoms with Crippen molar-refractivity contribution in [1.29, 1.82) is 0 Å². The minimum atomic E-state index is -0.329. The van der Waals surface area contributed by atoms with E-state index < -0.39 is 0 Å². The van der Waals surface area contributed by atoms with Crippen LogP contribution in [-0.4, -0.2) is 25.3 Å². The Bertz CT molecular complexity index is 1020. The quantitative estimate of drug-likeness (QED) is 0.355. The number of nitrogens with zero attached hydrogens (tertiary/aromatic N) is 1. The van der Waals surface area contributed by atoms with E-state index in [1.807, 2.05) is 37.3 Å². The topological polar surface area (TPSA) is 59.9 Å². The van der Waals surface area contributed by atoms with Crippen LogP contribution < -0.4 is 14.9 Å². The smallest absolute Gasteiger partial charge is 0.277 e. The highest BCUT2D eigenvalue weighted by Gasteiger charge is 2.08. The summed E-state index contributed by atoms with van der Waals surface area (Å²) in [6, 6.07) is 23.6. The van der Waals surface area contributed by atoms with E-state index in [4.69, 9.17) is 9.47 Å². The van der Waals surface area contributed by atoms with Crippen molar-refractivity contribution in [2.75, 3.05) is 13.7 Å². The van der Waals surface area contributed by atoms with Crippen molar-refractivity contribution in [1.82, 2.24) is 5.43 Å². The molecule has 0 atom stereocenters. The number of carbonyl (C=O) groups is 1. The van der Waals surface area contributed by atoms with Gasteiger partial charge in [-0.15, -0.1) is 0 Å². The highest BCUT2D eigenvalue weighted by Crippen LogP contribution is 2.29. The molecule has 0 spiro atoms. The predicted octanol–water partition coefficient (Wildman–Crippen LogP) is 5.43. The van der Waals surface area contributed by atoms with E-state index in [0.29, 0.717) is 22.4 Å². The van der Waals surface area contributed by atoms with Gasteiger partial charge in [0.25, 0.3) is 5.91 Å². The van der Waals surface area contributed by atoms with E-state index >= 15 is 0 Å². The number of hydrogen-bond acceptors (Lipinski definition) is 4. The summed E-state index contributed by atoms with van der Waals surface area (Å²) in [4.78, 5) is 12.2. The van der Waals surface area contributed by atoms with E-state index in [1.54, 1.807) is 25.3 Å². The summed E-state index contributed by atoms with van der Waals surface area (Å²) >= 11 is 3.40. The number of hydrazone groups is 1. The second-order valence-corrected chi connectivity index (χ2v) is 7.33. The van der Waals surface area contributed by atoms with E-state index in [9.17, 15) is 4.79 Å². The first-order chi connectivity index (χ1) is 14.6. The fourth-order valence-electron chi connectivity index (χ4n) is 2.86. The molecule has 1 N–H and O–H groups in total. The van der Waals surface area contributed by atoms with Crippen molar-refractivity contribution < 1.29 is 14.3 Å². The highest BCUT2D eigenvalue weighted by molar-refractivity contribution is 9.10. The minimum Gasteiger partial charge on any atom is -0.497 e. The molecule has 0 aromatic heterocycles. The van der Waals surface area contributed by atoms with Crippen LogP contribution in [0.15, 0.2) is 82.4 Å². The molecule has 1 amide bonds. The number of methoxy groups -OCH3 is 1. The molecule has 6 heteroatoms. The van der Waals surface area contributed by atoms with E-state index in [1.165, 1.54) is 0 Å². The molecule has 154 valence electrons. The Labute approximate surface area is 184 Å². The Morgan fingerprint density at radius 2 is 1.70 bits per heavy atom. The molecule has 5 nitrogen and oxygen atoms in total. The number of nitrogens with one attached hydrogen (secondary N) is 1. The molecule has 30 heavy (non-hydrogen) atoms. The lowest BCUT2D eigenvalue weighted by Gasteiger charge is -2.10. The summed E-state index contributed by atoms with van der Waals surface area (Å²) in [6.07, 6.45) is 0.690. The summed E-state index contributed by atoms with van der Waals surface area (Å²) in [5, 5.41) is 4.28. The van der Waals surface area contributed by atoms with Gasteiger partial charge >= 0.3 is 0 Å². The third-order valence-corrected chi connectivity index (χ3v) is 5.09. The Morgan fingerprint density at radius 1 is 1.00 bits per heavy atom. The molecule has 0 saturated heterocycles. The fraction of sp³-hybridized carbons (Fsp3) is 0.167. The third kappa shape index (κ3) is 5.70. The van der Waals surface area contributed by atoms with Gasteiger partial charge in [0, 0.05) is 0 Å². The molecule has 3 aromatic carbocycles. The minimum absolute atomic E-state index is 0.141. The van der Waals surface area contributed by atoms with Crippen LogP contribution in [-0.2, 0) is 4.79 Å². The van der Waals surface area contributed by atoms with Gasteiger partial charge in [0.1, 0.15) is 11.5 Å². The zero-order valence-corrected chi connectivity index (χ0v) is 18.5. The molecular weight excluding hydrogens is 444 g/mol. The highest BCUT2D eigenvalue weighted by atomic mass is 79.9. The average Bonchev–Trinajstić information content (AvgIpc) is 2.79. The van der Waals surface area contributed by atoms with Crippen molar-refractivity contribution in [3.63, 3.8) is 0 Å².